The second kappa shape index (κ2) is 9.90. The molecule has 1 N–H and O–H groups in total. The number of aromatic nitrogens is 2. The molecule has 0 saturated carbocycles. The van der Waals surface area contributed by atoms with Crippen molar-refractivity contribution in [3.8, 4) is 5.69 Å². The average molecular weight is 493 g/mol. The van der Waals surface area contributed by atoms with E-state index in [4.69, 9.17) is 4.98 Å². The molecule has 2 heterocycles. The summed E-state index contributed by atoms with van der Waals surface area (Å²) in [5, 5.41) is 5.07. The Morgan fingerprint density at radius 1 is 1.18 bits per heavy atom. The van der Waals surface area contributed by atoms with Gasteiger partial charge in [0.25, 0.3) is 11.5 Å². The molecule has 2 aromatic carbocycles. The Balaban J connectivity index is 1.42. The van der Waals surface area contributed by atoms with E-state index in [0.717, 1.165) is 36.1 Å². The van der Waals surface area contributed by atoms with Crippen molar-refractivity contribution in [1.82, 2.24) is 15.0 Å². The number of para-hydroxylation sites is 1. The topological polar surface area (TPSA) is 76.3 Å². The minimum Gasteiger partial charge on any atom is -0.272 e. The molecule has 34 heavy (non-hydrogen) atoms. The van der Waals surface area contributed by atoms with E-state index in [9.17, 15) is 14.0 Å². The van der Waals surface area contributed by atoms with E-state index in [1.807, 2.05) is 30.3 Å². The highest BCUT2D eigenvalue weighted by molar-refractivity contribution is 7.99. The summed E-state index contributed by atoms with van der Waals surface area (Å²) in [6.45, 7) is 0. The van der Waals surface area contributed by atoms with Gasteiger partial charge in [-0.3, -0.25) is 14.2 Å². The molecule has 0 saturated heterocycles. The molecule has 0 bridgehead atoms. The van der Waals surface area contributed by atoms with E-state index >= 15 is 0 Å². The summed E-state index contributed by atoms with van der Waals surface area (Å²) in [4.78, 5) is 32.8. The summed E-state index contributed by atoms with van der Waals surface area (Å²) in [5.41, 5.74) is 4.74. The molecule has 4 aromatic rings. The molecule has 1 amide bonds. The van der Waals surface area contributed by atoms with Crippen LogP contribution in [0.4, 0.5) is 4.39 Å². The van der Waals surface area contributed by atoms with E-state index in [0.29, 0.717) is 21.8 Å². The number of thiophene rings is 1. The molecule has 0 atom stereocenters. The first kappa shape index (κ1) is 22.5. The van der Waals surface area contributed by atoms with Crippen LogP contribution in [0, 0.1) is 5.82 Å². The maximum absolute atomic E-state index is 13.6. The van der Waals surface area contributed by atoms with Crippen molar-refractivity contribution in [2.75, 3.05) is 5.75 Å². The molecular weight excluding hydrogens is 471 g/mol. The molecular formula is C25H21FN4O2S2. The number of nitrogens with one attached hydrogen (secondary N) is 1. The summed E-state index contributed by atoms with van der Waals surface area (Å²) in [6.07, 6.45) is 5.47. The predicted molar refractivity (Wildman–Crippen MR) is 135 cm³/mol. The van der Waals surface area contributed by atoms with Gasteiger partial charge in [0.2, 0.25) is 0 Å². The van der Waals surface area contributed by atoms with Gasteiger partial charge < -0.3 is 0 Å². The highest BCUT2D eigenvalue weighted by atomic mass is 32.2. The zero-order valence-corrected chi connectivity index (χ0v) is 19.8. The van der Waals surface area contributed by atoms with Crippen LogP contribution < -0.4 is 11.0 Å². The minimum absolute atomic E-state index is 0.0242. The second-order valence-corrected chi connectivity index (χ2v) is 9.92. The van der Waals surface area contributed by atoms with Gasteiger partial charge in [0.1, 0.15) is 10.6 Å². The SMILES string of the molecule is O=C(CSc1nc2sc3c(c2c(=O)n1-c1ccccc1)CCCC3)NN=Cc1cccc(F)c1. The zero-order chi connectivity index (χ0) is 23.5. The molecule has 0 unspecified atom stereocenters. The average Bonchev–Trinajstić information content (AvgIpc) is 3.22. The molecule has 0 radical (unpaired) electrons. The number of carbonyl (C=O) groups is 1. The first-order valence-electron chi connectivity index (χ1n) is 10.9. The number of amides is 1. The lowest BCUT2D eigenvalue weighted by Crippen LogP contribution is -2.24. The van der Waals surface area contributed by atoms with Crippen molar-refractivity contribution in [3.05, 3.63) is 86.8 Å². The van der Waals surface area contributed by atoms with Crippen LogP contribution in [0.3, 0.4) is 0 Å². The number of fused-ring (bicyclic) bond motifs is 3. The van der Waals surface area contributed by atoms with Gasteiger partial charge in [0.15, 0.2) is 5.16 Å². The molecule has 172 valence electrons. The zero-order valence-electron chi connectivity index (χ0n) is 18.2. The number of aryl methyl sites for hydroxylation is 2. The van der Waals surface area contributed by atoms with Crippen LogP contribution in [-0.2, 0) is 17.6 Å². The van der Waals surface area contributed by atoms with Gasteiger partial charge >= 0.3 is 0 Å². The van der Waals surface area contributed by atoms with Crippen LogP contribution in [0.2, 0.25) is 0 Å². The molecule has 0 fully saturated rings. The van der Waals surface area contributed by atoms with E-state index in [2.05, 4.69) is 10.5 Å². The fourth-order valence-electron chi connectivity index (χ4n) is 4.02. The van der Waals surface area contributed by atoms with Crippen molar-refractivity contribution in [2.45, 2.75) is 30.8 Å². The first-order chi connectivity index (χ1) is 16.6. The lowest BCUT2D eigenvalue weighted by atomic mass is 9.97. The van der Waals surface area contributed by atoms with Crippen molar-refractivity contribution in [1.29, 1.82) is 0 Å². The number of hydrogen-bond donors (Lipinski definition) is 1. The van der Waals surface area contributed by atoms with E-state index in [1.54, 1.807) is 28.0 Å². The third kappa shape index (κ3) is 4.67. The highest BCUT2D eigenvalue weighted by Crippen LogP contribution is 2.35. The third-order valence-electron chi connectivity index (χ3n) is 5.56. The summed E-state index contributed by atoms with van der Waals surface area (Å²) in [5.74, 6) is -0.699. The Morgan fingerprint density at radius 3 is 2.82 bits per heavy atom. The predicted octanol–water partition coefficient (Wildman–Crippen LogP) is 4.71. The molecule has 2 aromatic heterocycles. The standard InChI is InChI=1S/C25H21FN4O2S2/c26-17-8-6-7-16(13-17)14-27-29-21(31)15-33-25-28-23-22(19-11-4-5-12-20(19)34-23)24(32)30(25)18-9-2-1-3-10-18/h1-3,6-10,13-14H,4-5,11-12,15H2,(H,29,31). The summed E-state index contributed by atoms with van der Waals surface area (Å²) in [7, 11) is 0. The number of carbonyl (C=O) groups excluding carboxylic acids is 1. The normalized spacial score (nSPS) is 13.3. The van der Waals surface area contributed by atoms with Gasteiger partial charge in [-0.2, -0.15) is 5.10 Å². The van der Waals surface area contributed by atoms with Crippen molar-refractivity contribution >= 4 is 45.4 Å². The van der Waals surface area contributed by atoms with Gasteiger partial charge in [-0.25, -0.2) is 14.8 Å². The highest BCUT2D eigenvalue weighted by Gasteiger charge is 2.23. The number of rotatable bonds is 6. The fourth-order valence-corrected chi connectivity index (χ4v) is 6.12. The molecule has 5 rings (SSSR count). The lowest BCUT2D eigenvalue weighted by molar-refractivity contribution is -0.118. The summed E-state index contributed by atoms with van der Waals surface area (Å²) in [6, 6.07) is 15.3. The van der Waals surface area contributed by atoms with Crippen molar-refractivity contribution in [3.63, 3.8) is 0 Å². The minimum atomic E-state index is -0.374. The Morgan fingerprint density at radius 2 is 2.00 bits per heavy atom. The van der Waals surface area contributed by atoms with Crippen LogP contribution in [0.5, 0.6) is 0 Å². The molecule has 1 aliphatic carbocycles. The van der Waals surface area contributed by atoms with Crippen molar-refractivity contribution < 1.29 is 9.18 Å². The smallest absolute Gasteiger partial charge is 0.267 e. The Hall–Kier alpha value is -3.30. The van der Waals surface area contributed by atoms with Gasteiger partial charge in [-0.15, -0.1) is 11.3 Å². The van der Waals surface area contributed by atoms with Crippen LogP contribution >= 0.6 is 23.1 Å². The largest absolute Gasteiger partial charge is 0.272 e. The number of halogens is 1. The van der Waals surface area contributed by atoms with E-state index in [1.165, 1.54) is 35.0 Å². The van der Waals surface area contributed by atoms with Crippen LogP contribution in [-0.4, -0.2) is 27.4 Å². The Labute approximate surface area is 203 Å². The van der Waals surface area contributed by atoms with Gasteiger partial charge in [0, 0.05) is 4.88 Å². The molecule has 0 aliphatic heterocycles. The fraction of sp³-hybridized carbons (Fsp3) is 0.200. The number of thioether (sulfide) groups is 1. The van der Waals surface area contributed by atoms with Crippen LogP contribution in [0.1, 0.15) is 28.8 Å². The number of hydrazone groups is 1. The third-order valence-corrected chi connectivity index (χ3v) is 7.68. The quantitative estimate of drug-likeness (QED) is 0.183. The van der Waals surface area contributed by atoms with Gasteiger partial charge in [-0.1, -0.05) is 42.1 Å². The van der Waals surface area contributed by atoms with Gasteiger partial charge in [0.05, 0.1) is 23.0 Å². The number of benzene rings is 2. The second-order valence-electron chi connectivity index (χ2n) is 7.90. The van der Waals surface area contributed by atoms with Gasteiger partial charge in [-0.05, 0) is 61.1 Å². The molecule has 1 aliphatic rings. The first-order valence-corrected chi connectivity index (χ1v) is 12.7. The van der Waals surface area contributed by atoms with Crippen LogP contribution in [0.15, 0.2) is 69.6 Å². The van der Waals surface area contributed by atoms with Crippen molar-refractivity contribution in [2.24, 2.45) is 5.10 Å². The lowest BCUT2D eigenvalue weighted by Gasteiger charge is -2.13. The maximum Gasteiger partial charge on any atom is 0.267 e. The number of hydrogen-bond acceptors (Lipinski definition) is 6. The number of nitrogens with zero attached hydrogens (tertiary/aromatic N) is 3. The van der Waals surface area contributed by atoms with E-state index < -0.39 is 0 Å². The summed E-state index contributed by atoms with van der Waals surface area (Å²) < 4.78 is 14.9. The monoisotopic (exact) mass is 492 g/mol. The van der Waals surface area contributed by atoms with Crippen LogP contribution in [0.25, 0.3) is 15.9 Å². The van der Waals surface area contributed by atoms with E-state index in [-0.39, 0.29) is 23.0 Å². The molecule has 9 heteroatoms. The summed E-state index contributed by atoms with van der Waals surface area (Å²) >= 11 is 2.77. The molecule has 6 nitrogen and oxygen atoms in total. The maximum atomic E-state index is 13.6. The molecule has 0 spiro atoms. The Bertz CT molecular complexity index is 1450. The Kier molecular flexibility index (Phi) is 6.55.